The van der Waals surface area contributed by atoms with Crippen LogP contribution in [0.15, 0.2) is 18.2 Å². The molecule has 1 aliphatic rings. The normalized spacial score (nSPS) is 24.7. The lowest BCUT2D eigenvalue weighted by Crippen LogP contribution is -2.15. The van der Waals surface area contributed by atoms with E-state index in [4.69, 9.17) is 0 Å². The van der Waals surface area contributed by atoms with Crippen molar-refractivity contribution in [3.8, 4) is 0 Å². The highest BCUT2D eigenvalue weighted by atomic mass is 19.1. The predicted octanol–water partition coefficient (Wildman–Crippen LogP) is 3.96. The molecule has 0 aromatic heterocycles. The van der Waals surface area contributed by atoms with Crippen molar-refractivity contribution in [2.24, 2.45) is 5.92 Å². The first kappa shape index (κ1) is 11.4. The maximum absolute atomic E-state index is 13.0. The number of halogens is 2. The quantitative estimate of drug-likeness (QED) is 0.821. The zero-order chi connectivity index (χ0) is 11.5. The summed E-state index contributed by atoms with van der Waals surface area (Å²) < 4.78 is 25.9. The van der Waals surface area contributed by atoms with E-state index in [1.807, 2.05) is 0 Å². The monoisotopic (exact) mass is 225 g/mol. The summed E-state index contributed by atoms with van der Waals surface area (Å²) in [7, 11) is 0. The highest BCUT2D eigenvalue weighted by Crippen LogP contribution is 2.30. The molecule has 1 aromatic carbocycles. The molecule has 1 aromatic rings. The summed E-state index contributed by atoms with van der Waals surface area (Å²) >= 11 is 0. The second-order valence-electron chi connectivity index (χ2n) is 4.59. The van der Waals surface area contributed by atoms with Gasteiger partial charge < -0.3 is 5.32 Å². The molecule has 0 heterocycles. The highest BCUT2D eigenvalue weighted by Gasteiger charge is 2.23. The summed E-state index contributed by atoms with van der Waals surface area (Å²) in [4.78, 5) is 0. The van der Waals surface area contributed by atoms with Crippen molar-refractivity contribution in [2.45, 2.75) is 38.6 Å². The zero-order valence-electron chi connectivity index (χ0n) is 9.47. The smallest absolute Gasteiger partial charge is 0.128 e. The minimum Gasteiger partial charge on any atom is -0.382 e. The molecule has 0 amide bonds. The molecule has 1 fully saturated rings. The van der Waals surface area contributed by atoms with E-state index in [0.29, 0.717) is 11.7 Å². The molecular formula is C13H17F2N. The van der Waals surface area contributed by atoms with Crippen LogP contribution in [0.25, 0.3) is 0 Å². The molecule has 16 heavy (non-hydrogen) atoms. The maximum Gasteiger partial charge on any atom is 0.128 e. The predicted molar refractivity (Wildman–Crippen MR) is 61.4 cm³/mol. The van der Waals surface area contributed by atoms with E-state index in [1.54, 1.807) is 0 Å². The van der Waals surface area contributed by atoms with Crippen molar-refractivity contribution in [3.05, 3.63) is 29.8 Å². The van der Waals surface area contributed by atoms with Crippen LogP contribution in [0.2, 0.25) is 0 Å². The minimum absolute atomic E-state index is 0.367. The van der Waals surface area contributed by atoms with Gasteiger partial charge in [0.15, 0.2) is 0 Å². The van der Waals surface area contributed by atoms with E-state index < -0.39 is 11.6 Å². The minimum atomic E-state index is -0.521. The van der Waals surface area contributed by atoms with Crippen LogP contribution in [0.3, 0.4) is 0 Å². The molecule has 1 aliphatic carbocycles. The van der Waals surface area contributed by atoms with Gasteiger partial charge in [0.2, 0.25) is 0 Å². The van der Waals surface area contributed by atoms with Gasteiger partial charge in [-0.15, -0.1) is 0 Å². The average molecular weight is 225 g/mol. The van der Waals surface area contributed by atoms with Gasteiger partial charge in [-0.2, -0.15) is 0 Å². The van der Waals surface area contributed by atoms with Crippen molar-refractivity contribution in [1.29, 1.82) is 0 Å². The molecule has 3 heteroatoms. The van der Waals surface area contributed by atoms with E-state index in [1.165, 1.54) is 25.0 Å². The van der Waals surface area contributed by atoms with Crippen LogP contribution < -0.4 is 5.32 Å². The molecule has 0 spiro atoms. The summed E-state index contributed by atoms with van der Waals surface area (Å²) in [5, 5.41) is 3.21. The Morgan fingerprint density at radius 1 is 1.19 bits per heavy atom. The molecule has 1 saturated carbocycles. The lowest BCUT2D eigenvalue weighted by atomic mass is 10.1. The molecule has 88 valence electrons. The van der Waals surface area contributed by atoms with Crippen molar-refractivity contribution in [3.63, 3.8) is 0 Å². The number of hydrogen-bond acceptors (Lipinski definition) is 1. The van der Waals surface area contributed by atoms with E-state index >= 15 is 0 Å². The van der Waals surface area contributed by atoms with Gasteiger partial charge in [-0.1, -0.05) is 13.3 Å². The summed E-state index contributed by atoms with van der Waals surface area (Å²) in [5.74, 6) is -0.281. The molecule has 1 N–H and O–H groups in total. The average Bonchev–Trinajstić information content (AvgIpc) is 2.64. The Bertz CT molecular complexity index is 345. The first-order chi connectivity index (χ1) is 7.67. The van der Waals surface area contributed by atoms with Crippen molar-refractivity contribution >= 4 is 5.69 Å². The largest absolute Gasteiger partial charge is 0.382 e. The molecule has 2 atom stereocenters. The van der Waals surface area contributed by atoms with Crippen LogP contribution in [0, 0.1) is 17.6 Å². The van der Waals surface area contributed by atoms with Crippen LogP contribution in [0.4, 0.5) is 14.5 Å². The lowest BCUT2D eigenvalue weighted by Gasteiger charge is -2.14. The van der Waals surface area contributed by atoms with Crippen molar-refractivity contribution in [2.75, 3.05) is 5.32 Å². The summed E-state index contributed by atoms with van der Waals surface area (Å²) in [6.07, 6.45) is 4.60. The Labute approximate surface area is 94.9 Å². The van der Waals surface area contributed by atoms with E-state index in [9.17, 15) is 8.78 Å². The van der Waals surface area contributed by atoms with Gasteiger partial charge in [-0.25, -0.2) is 8.78 Å². The van der Waals surface area contributed by atoms with Crippen LogP contribution >= 0.6 is 0 Å². The molecule has 0 radical (unpaired) electrons. The fourth-order valence-corrected chi connectivity index (χ4v) is 2.45. The molecule has 2 rings (SSSR count). The van der Waals surface area contributed by atoms with Gasteiger partial charge in [-0.3, -0.25) is 0 Å². The van der Waals surface area contributed by atoms with Crippen LogP contribution in [0.5, 0.6) is 0 Å². The van der Waals surface area contributed by atoms with E-state index in [2.05, 4.69) is 12.2 Å². The Balaban J connectivity index is 1.99. The lowest BCUT2D eigenvalue weighted by molar-refractivity contribution is 0.524. The van der Waals surface area contributed by atoms with Gasteiger partial charge in [0.25, 0.3) is 0 Å². The van der Waals surface area contributed by atoms with E-state index in [-0.39, 0.29) is 0 Å². The third-order valence-electron chi connectivity index (χ3n) is 3.35. The third kappa shape index (κ3) is 2.71. The van der Waals surface area contributed by atoms with Crippen molar-refractivity contribution < 1.29 is 8.78 Å². The zero-order valence-corrected chi connectivity index (χ0v) is 9.47. The first-order valence-electron chi connectivity index (χ1n) is 5.90. The number of anilines is 1. The molecule has 1 nitrogen and oxygen atoms in total. The molecule has 0 bridgehead atoms. The Kier molecular flexibility index (Phi) is 3.42. The Morgan fingerprint density at radius 2 is 1.88 bits per heavy atom. The Morgan fingerprint density at radius 3 is 2.44 bits per heavy atom. The SMILES string of the molecule is CCC1CCC(Nc2cc(F)cc(F)c2)C1. The third-order valence-corrected chi connectivity index (χ3v) is 3.35. The molecule has 0 saturated heterocycles. The Hall–Kier alpha value is -1.12. The first-order valence-corrected chi connectivity index (χ1v) is 5.90. The van der Waals surface area contributed by atoms with Gasteiger partial charge >= 0.3 is 0 Å². The standard InChI is InChI=1S/C13H17F2N/c1-2-9-3-4-12(5-9)16-13-7-10(14)6-11(15)8-13/h6-9,12,16H,2-5H2,1H3. The van der Waals surface area contributed by atoms with Gasteiger partial charge in [0.1, 0.15) is 11.6 Å². The van der Waals surface area contributed by atoms with Crippen LogP contribution in [0.1, 0.15) is 32.6 Å². The van der Waals surface area contributed by atoms with Crippen LogP contribution in [-0.4, -0.2) is 6.04 Å². The fourth-order valence-electron chi connectivity index (χ4n) is 2.45. The number of rotatable bonds is 3. The highest BCUT2D eigenvalue weighted by molar-refractivity contribution is 5.44. The molecule has 0 aliphatic heterocycles. The van der Waals surface area contributed by atoms with E-state index in [0.717, 1.165) is 24.8 Å². The summed E-state index contributed by atoms with van der Waals surface area (Å²) in [6, 6.07) is 3.96. The topological polar surface area (TPSA) is 12.0 Å². The van der Waals surface area contributed by atoms with Crippen LogP contribution in [-0.2, 0) is 0 Å². The maximum atomic E-state index is 13.0. The number of hydrogen-bond donors (Lipinski definition) is 1. The fraction of sp³-hybridized carbons (Fsp3) is 0.538. The van der Waals surface area contributed by atoms with Gasteiger partial charge in [0.05, 0.1) is 0 Å². The summed E-state index contributed by atoms with van der Waals surface area (Å²) in [6.45, 7) is 2.19. The second-order valence-corrected chi connectivity index (χ2v) is 4.59. The molecule has 2 unspecified atom stereocenters. The van der Waals surface area contributed by atoms with Crippen molar-refractivity contribution in [1.82, 2.24) is 0 Å². The van der Waals surface area contributed by atoms with Gasteiger partial charge in [-0.05, 0) is 37.3 Å². The molecular weight excluding hydrogens is 208 g/mol. The second kappa shape index (κ2) is 4.81. The van der Waals surface area contributed by atoms with Gasteiger partial charge in [0, 0.05) is 17.8 Å². The summed E-state index contributed by atoms with van der Waals surface area (Å²) in [5.41, 5.74) is 0.555. The number of nitrogens with one attached hydrogen (secondary N) is 1. The number of benzene rings is 1.